The molecule has 2 unspecified atom stereocenters. The molecule has 8 heteroatoms. The molecule has 2 atom stereocenters. The smallest absolute Gasteiger partial charge is 0.214 e. The van der Waals surface area contributed by atoms with Crippen molar-refractivity contribution in [1.82, 2.24) is 9.81 Å². The number of nitrogens with zero attached hydrogens (tertiary/aromatic N) is 3. The van der Waals surface area contributed by atoms with E-state index in [1.807, 2.05) is 0 Å². The Morgan fingerprint density at radius 2 is 2.47 bits per heavy atom. The first-order valence-corrected chi connectivity index (χ1v) is 4.39. The summed E-state index contributed by atoms with van der Waals surface area (Å²) in [6.45, 7) is -0.353. The summed E-state index contributed by atoms with van der Waals surface area (Å²) >= 11 is 0. The summed E-state index contributed by atoms with van der Waals surface area (Å²) in [6, 6.07) is 0. The van der Waals surface area contributed by atoms with Crippen molar-refractivity contribution in [3.63, 3.8) is 0 Å². The summed E-state index contributed by atoms with van der Waals surface area (Å²) in [4.78, 5) is 14.1. The third-order valence-electron chi connectivity index (χ3n) is 2.50. The van der Waals surface area contributed by atoms with Gasteiger partial charge in [-0.3, -0.25) is 0 Å². The lowest BCUT2D eigenvalue weighted by Gasteiger charge is -2.41. The van der Waals surface area contributed by atoms with Gasteiger partial charge in [0.1, 0.15) is 28.4 Å². The van der Waals surface area contributed by atoms with Gasteiger partial charge in [0.15, 0.2) is 6.54 Å². The second kappa shape index (κ2) is 4.35. The minimum Gasteiger partial charge on any atom is -0.530 e. The van der Waals surface area contributed by atoms with Crippen molar-refractivity contribution >= 4 is 6.09 Å². The summed E-state index contributed by atoms with van der Waals surface area (Å²) in [6.07, 6.45) is -2.57. The molecule has 15 heavy (non-hydrogen) atoms. The van der Waals surface area contributed by atoms with E-state index in [1.165, 1.54) is 0 Å². The average Bonchev–Trinajstić information content (AvgIpc) is 2.19. The van der Waals surface area contributed by atoms with E-state index < -0.39 is 17.8 Å². The number of β-amino-alcohol motifs (C(OH)–C–C–N with tert-alkyl or cyclic N) is 1. The van der Waals surface area contributed by atoms with E-state index in [0.717, 1.165) is 4.90 Å². The predicted molar refractivity (Wildman–Crippen MR) is 44.7 cm³/mol. The highest BCUT2D eigenvalue weighted by atomic mass is 16.4. The van der Waals surface area contributed by atoms with Crippen LogP contribution in [0.15, 0.2) is 5.11 Å². The zero-order valence-electron chi connectivity index (χ0n) is 7.96. The molecule has 0 aromatic heterocycles. The first-order chi connectivity index (χ1) is 6.99. The van der Waals surface area contributed by atoms with Gasteiger partial charge in [0.05, 0.1) is 0 Å². The average molecular weight is 216 g/mol. The van der Waals surface area contributed by atoms with E-state index in [1.54, 1.807) is 0 Å². The third-order valence-corrected chi connectivity index (χ3v) is 2.50. The zero-order chi connectivity index (χ0) is 11.5. The van der Waals surface area contributed by atoms with Crippen molar-refractivity contribution < 1.29 is 20.1 Å². The maximum Gasteiger partial charge on any atom is 0.214 e. The Morgan fingerprint density at radius 1 is 1.80 bits per heavy atom. The highest BCUT2D eigenvalue weighted by Gasteiger charge is 2.42. The number of aliphatic hydroxyl groups is 2. The lowest BCUT2D eigenvalue weighted by molar-refractivity contribution is -0.270. The normalized spacial score (nSPS) is 30.8. The van der Waals surface area contributed by atoms with Crippen molar-refractivity contribution in [2.45, 2.75) is 18.1 Å². The quantitative estimate of drug-likeness (QED) is 0.352. The summed E-state index contributed by atoms with van der Waals surface area (Å²) in [5, 5.41) is 33.1. The molecule has 3 N–H and O–H groups in total. The van der Waals surface area contributed by atoms with Crippen molar-refractivity contribution in [2.75, 3.05) is 19.6 Å². The number of rotatable bonds is 2. The second-order valence-electron chi connectivity index (χ2n) is 3.48. The van der Waals surface area contributed by atoms with Gasteiger partial charge in [-0.05, 0) is 6.42 Å². The van der Waals surface area contributed by atoms with Crippen molar-refractivity contribution in [3.8, 4) is 0 Å². The molecule has 0 saturated carbocycles. The topological polar surface area (TPSA) is 134 Å². The largest absolute Gasteiger partial charge is 0.530 e. The van der Waals surface area contributed by atoms with Gasteiger partial charge < -0.3 is 25.0 Å². The molecule has 0 bridgehead atoms. The van der Waals surface area contributed by atoms with Crippen LogP contribution in [0, 0.1) is 5.53 Å². The van der Waals surface area contributed by atoms with Gasteiger partial charge in [0.2, 0.25) is 4.91 Å². The molecule has 8 nitrogen and oxygen atoms in total. The fourth-order valence-corrected chi connectivity index (χ4v) is 1.47. The van der Waals surface area contributed by atoms with E-state index >= 15 is 0 Å². The van der Waals surface area contributed by atoms with Crippen molar-refractivity contribution in [1.29, 1.82) is 5.53 Å². The van der Waals surface area contributed by atoms with Crippen LogP contribution in [-0.4, -0.2) is 52.5 Å². The van der Waals surface area contributed by atoms with E-state index in [-0.39, 0.29) is 26.1 Å². The number of piperidine rings is 1. The molecule has 1 saturated heterocycles. The molecule has 1 aliphatic rings. The number of hydrogen-bond donors (Lipinski definition) is 3. The van der Waals surface area contributed by atoms with Crippen LogP contribution in [0.25, 0.3) is 0 Å². The van der Waals surface area contributed by atoms with E-state index in [0.29, 0.717) is 0 Å². The maximum absolute atomic E-state index is 10.5. The number of carboxylic acid groups (broad SMARTS) is 1. The van der Waals surface area contributed by atoms with Crippen molar-refractivity contribution in [3.05, 3.63) is 0 Å². The molecule has 0 radical (unpaired) electrons. The lowest BCUT2D eigenvalue weighted by atomic mass is 9.89. The Bertz CT molecular complexity index is 303. The van der Waals surface area contributed by atoms with Crippen LogP contribution in [0.3, 0.4) is 0 Å². The molecule has 84 valence electrons. The fraction of sp³-hybridized carbons (Fsp3) is 0.857. The van der Waals surface area contributed by atoms with E-state index in [4.69, 9.17) is 5.53 Å². The van der Waals surface area contributed by atoms with Gasteiger partial charge in [0, 0.05) is 13.1 Å². The molecular weight excluding hydrogens is 204 g/mol. The van der Waals surface area contributed by atoms with Gasteiger partial charge in [-0.2, -0.15) is 0 Å². The van der Waals surface area contributed by atoms with Gasteiger partial charge in [-0.15, -0.1) is 0 Å². The molecule has 0 spiro atoms. The van der Waals surface area contributed by atoms with Gasteiger partial charge in [-0.25, -0.2) is 0 Å². The Hall–Kier alpha value is -1.50. The number of hydrogen-bond acceptors (Lipinski definition) is 6. The monoisotopic (exact) mass is 216 g/mol. The first-order valence-electron chi connectivity index (χ1n) is 4.39. The van der Waals surface area contributed by atoms with Crippen LogP contribution >= 0.6 is 0 Å². The lowest BCUT2D eigenvalue weighted by Crippen LogP contribution is -2.60. The number of carbonyl (C=O) groups is 1. The summed E-state index contributed by atoms with van der Waals surface area (Å²) in [5.41, 5.74) is 4.93. The van der Waals surface area contributed by atoms with E-state index in [2.05, 4.69) is 10.0 Å². The summed E-state index contributed by atoms with van der Waals surface area (Å²) < 4.78 is 0. The Labute approximate surface area is 85.4 Å². The van der Waals surface area contributed by atoms with E-state index in [9.17, 15) is 20.1 Å². The Balaban J connectivity index is 2.65. The van der Waals surface area contributed by atoms with Gasteiger partial charge in [-0.1, -0.05) is 0 Å². The van der Waals surface area contributed by atoms with Crippen molar-refractivity contribution in [2.24, 2.45) is 5.11 Å². The molecule has 0 aromatic carbocycles. The maximum atomic E-state index is 10.5. The predicted octanol–water partition coefficient (Wildman–Crippen LogP) is -2.32. The Morgan fingerprint density at radius 3 is 2.93 bits per heavy atom. The second-order valence-corrected chi connectivity index (χ2v) is 3.48. The van der Waals surface area contributed by atoms with Crippen LogP contribution in [0.5, 0.6) is 0 Å². The fourth-order valence-electron chi connectivity index (χ4n) is 1.47. The molecule has 0 aliphatic carbocycles. The number of aliphatic hydroxyl groups excluding tert-OH is 1. The van der Waals surface area contributed by atoms with Crippen LogP contribution < -0.4 is 10.0 Å². The summed E-state index contributed by atoms with van der Waals surface area (Å²) in [7, 11) is 0. The molecule has 1 heterocycles. The first kappa shape index (κ1) is 11.6. The van der Waals surface area contributed by atoms with Crippen LogP contribution in [0.4, 0.5) is 4.79 Å². The van der Waals surface area contributed by atoms with Gasteiger partial charge in [0.25, 0.3) is 0 Å². The third kappa shape index (κ3) is 2.50. The standard InChI is InChI=1S/C7H12N4O4/c8-10-9-4-7(15)1-2-11(6(13)14)3-5(7)12/h5,8,12,15H,1-4H2. The molecule has 1 rings (SSSR count). The number of likely N-dealkylation sites (tertiary alicyclic amines) is 1. The molecule has 1 aliphatic heterocycles. The van der Waals surface area contributed by atoms with Crippen LogP contribution in [0.1, 0.15) is 6.42 Å². The summed E-state index contributed by atoms with van der Waals surface area (Å²) in [5.74, 6) is 0. The molecule has 1 fully saturated rings. The highest BCUT2D eigenvalue weighted by Crippen LogP contribution is 2.22. The SMILES string of the molecule is N=[N+]=NCC1(O)CCN(C(=O)[O-])CC1O. The number of carbonyl (C=O) groups excluding carboxylic acids is 1. The molecule has 1 amide bonds. The zero-order valence-corrected chi connectivity index (χ0v) is 7.96. The molecular formula is C7H12N4O4. The minimum absolute atomic E-state index is 0.0428. The number of nitrogens with one attached hydrogen (secondary N) is 1. The minimum atomic E-state index is -1.50. The van der Waals surface area contributed by atoms with Crippen LogP contribution in [-0.2, 0) is 0 Å². The highest BCUT2D eigenvalue weighted by molar-refractivity contribution is 5.62. The molecule has 0 aromatic rings. The Kier molecular flexibility index (Phi) is 3.35. The van der Waals surface area contributed by atoms with Gasteiger partial charge >= 0.3 is 0 Å². The van der Waals surface area contributed by atoms with Crippen LogP contribution in [0.2, 0.25) is 0 Å². The number of amides is 1.